The lowest BCUT2D eigenvalue weighted by Crippen LogP contribution is -2.44. The van der Waals surface area contributed by atoms with Crippen LogP contribution in [0.25, 0.3) is 0 Å². The molecule has 1 fully saturated rings. The van der Waals surface area contributed by atoms with Crippen molar-refractivity contribution in [3.8, 4) is 0 Å². The van der Waals surface area contributed by atoms with Crippen molar-refractivity contribution >= 4 is 25.9 Å². The molecule has 0 N–H and O–H groups in total. The largest absolute Gasteiger partial charge is 0.444 e. The van der Waals surface area contributed by atoms with Crippen LogP contribution in [-0.2, 0) is 20.6 Å². The molecule has 1 saturated heterocycles. The summed E-state index contributed by atoms with van der Waals surface area (Å²) in [6.45, 7) is 11.2. The topological polar surface area (TPSA) is 104 Å². The van der Waals surface area contributed by atoms with Gasteiger partial charge in [-0.15, -0.1) is 0 Å². The summed E-state index contributed by atoms with van der Waals surface area (Å²) in [5, 5.41) is 14.7. The van der Waals surface area contributed by atoms with Gasteiger partial charge in [-0.1, -0.05) is 25.9 Å². The maximum atomic E-state index is 12.6. The van der Waals surface area contributed by atoms with E-state index in [4.69, 9.17) is 14.0 Å². The van der Waals surface area contributed by atoms with Crippen molar-refractivity contribution < 1.29 is 23.7 Å². The molecule has 1 aliphatic rings. The van der Waals surface area contributed by atoms with Crippen molar-refractivity contribution in [2.45, 2.75) is 58.0 Å². The lowest BCUT2D eigenvalue weighted by molar-refractivity contribution is -0.384. The van der Waals surface area contributed by atoms with E-state index >= 15 is 0 Å². The van der Waals surface area contributed by atoms with Crippen molar-refractivity contribution in [1.82, 2.24) is 4.90 Å². The number of hydrogen-bond donors (Lipinski definition) is 0. The Kier molecular flexibility index (Phi) is 7.01. The number of oxime groups is 1. The number of ether oxygens (including phenoxy) is 1. The molecular formula is C19H29N3O6Si. The highest BCUT2D eigenvalue weighted by Crippen LogP contribution is 2.38. The summed E-state index contributed by atoms with van der Waals surface area (Å²) in [6, 6.07) is 5.87. The van der Waals surface area contributed by atoms with Crippen LogP contribution in [-0.4, -0.2) is 49.8 Å². The van der Waals surface area contributed by atoms with Crippen LogP contribution < -0.4 is 0 Å². The smallest absolute Gasteiger partial charge is 0.415 e. The third-order valence-electron chi connectivity index (χ3n) is 5.30. The van der Waals surface area contributed by atoms with Crippen LogP contribution in [0.4, 0.5) is 10.5 Å². The second-order valence-corrected chi connectivity index (χ2v) is 13.2. The standard InChI is InChI=1S/C19H29N3O6Si/c1-19(2,3)29(5,6)28-16-11-17(20-26-4)21(12-16)18(23)27-13-14-7-9-15(10-8-14)22(24)25/h7-10,16H,11-13H2,1-6H3/b20-17-/t16-/m1/s1. The zero-order valence-electron chi connectivity index (χ0n) is 17.8. The van der Waals surface area contributed by atoms with E-state index < -0.39 is 19.3 Å². The molecule has 1 aliphatic heterocycles. The number of rotatable bonds is 6. The van der Waals surface area contributed by atoms with Gasteiger partial charge < -0.3 is 14.0 Å². The lowest BCUT2D eigenvalue weighted by atomic mass is 10.2. The van der Waals surface area contributed by atoms with Crippen molar-refractivity contribution in [2.75, 3.05) is 13.7 Å². The quantitative estimate of drug-likeness (QED) is 0.384. The number of non-ortho nitro benzene ring substituents is 1. The maximum Gasteiger partial charge on any atom is 0.415 e. The van der Waals surface area contributed by atoms with E-state index in [1.54, 1.807) is 12.1 Å². The van der Waals surface area contributed by atoms with Crippen LogP contribution in [0.1, 0.15) is 32.8 Å². The normalized spacial score (nSPS) is 18.8. The fourth-order valence-electron chi connectivity index (χ4n) is 2.67. The number of carbonyl (C=O) groups excluding carboxylic acids is 1. The van der Waals surface area contributed by atoms with Gasteiger partial charge in [0.1, 0.15) is 13.7 Å². The second-order valence-electron chi connectivity index (χ2n) is 8.48. The lowest BCUT2D eigenvalue weighted by Gasteiger charge is -2.38. The molecule has 1 aromatic carbocycles. The number of nitro groups is 1. The van der Waals surface area contributed by atoms with Gasteiger partial charge in [0.05, 0.1) is 17.6 Å². The van der Waals surface area contributed by atoms with Crippen LogP contribution in [0.2, 0.25) is 18.1 Å². The molecule has 1 aromatic rings. The summed E-state index contributed by atoms with van der Waals surface area (Å²) in [6.07, 6.45) is -0.260. The zero-order chi connectivity index (χ0) is 21.8. The van der Waals surface area contributed by atoms with E-state index in [0.29, 0.717) is 24.4 Å². The summed E-state index contributed by atoms with van der Waals surface area (Å²) in [7, 11) is -0.576. The van der Waals surface area contributed by atoms with E-state index in [9.17, 15) is 14.9 Å². The van der Waals surface area contributed by atoms with E-state index in [2.05, 4.69) is 39.0 Å². The van der Waals surface area contributed by atoms with E-state index in [1.165, 1.54) is 24.1 Å². The van der Waals surface area contributed by atoms with E-state index in [0.717, 1.165) is 0 Å². The summed E-state index contributed by atoms with van der Waals surface area (Å²) >= 11 is 0. The first-order valence-electron chi connectivity index (χ1n) is 9.40. The van der Waals surface area contributed by atoms with Gasteiger partial charge in [0, 0.05) is 18.6 Å². The minimum absolute atomic E-state index is 0.00134. The molecule has 9 nitrogen and oxygen atoms in total. The SMILES string of the molecule is CO/N=C1/C[C@@H](O[Si](C)(C)C(C)(C)C)CN1C(=O)OCc1ccc([N+](=O)[O-])cc1. The van der Waals surface area contributed by atoms with Crippen LogP contribution >= 0.6 is 0 Å². The molecule has 0 radical (unpaired) electrons. The molecule has 2 rings (SSSR count). The Morgan fingerprint density at radius 1 is 1.31 bits per heavy atom. The predicted molar refractivity (Wildman–Crippen MR) is 111 cm³/mol. The summed E-state index contributed by atoms with van der Waals surface area (Å²) in [4.78, 5) is 29.2. The van der Waals surface area contributed by atoms with E-state index in [1.807, 2.05) is 0 Å². The number of benzene rings is 1. The highest BCUT2D eigenvalue weighted by atomic mass is 28.4. The Labute approximate surface area is 171 Å². The molecule has 0 aromatic heterocycles. The Bertz CT molecular complexity index is 773. The second kappa shape index (κ2) is 8.91. The first-order chi connectivity index (χ1) is 13.4. The van der Waals surface area contributed by atoms with Gasteiger partial charge in [0.15, 0.2) is 14.2 Å². The Hall–Kier alpha value is -2.46. The van der Waals surface area contributed by atoms with Gasteiger partial charge in [-0.3, -0.25) is 15.0 Å². The molecule has 10 heteroatoms. The van der Waals surface area contributed by atoms with Gasteiger partial charge in [-0.2, -0.15) is 0 Å². The van der Waals surface area contributed by atoms with Crippen LogP contribution in [0.15, 0.2) is 29.4 Å². The average molecular weight is 424 g/mol. The predicted octanol–water partition coefficient (Wildman–Crippen LogP) is 4.29. The number of likely N-dealkylation sites (tertiary alicyclic amines) is 1. The highest BCUT2D eigenvalue weighted by Gasteiger charge is 2.43. The molecule has 0 unspecified atom stereocenters. The Balaban J connectivity index is 2.02. The first kappa shape index (κ1) is 22.8. The first-order valence-corrected chi connectivity index (χ1v) is 12.3. The zero-order valence-corrected chi connectivity index (χ0v) is 18.8. The van der Waals surface area contributed by atoms with Gasteiger partial charge in [-0.25, -0.2) is 4.79 Å². The molecule has 0 spiro atoms. The molecule has 160 valence electrons. The molecule has 0 bridgehead atoms. The fourth-order valence-corrected chi connectivity index (χ4v) is 4.01. The Morgan fingerprint density at radius 3 is 2.45 bits per heavy atom. The number of carbonyl (C=O) groups is 1. The number of hydrogen-bond acceptors (Lipinski definition) is 7. The molecular weight excluding hydrogens is 394 g/mol. The fraction of sp³-hybridized carbons (Fsp3) is 0.579. The highest BCUT2D eigenvalue weighted by molar-refractivity contribution is 6.74. The Morgan fingerprint density at radius 2 is 1.93 bits per heavy atom. The average Bonchev–Trinajstić information content (AvgIpc) is 3.01. The van der Waals surface area contributed by atoms with Crippen LogP contribution in [0.3, 0.4) is 0 Å². The summed E-state index contributed by atoms with van der Waals surface area (Å²) in [5.41, 5.74) is 0.641. The summed E-state index contributed by atoms with van der Waals surface area (Å²) < 4.78 is 11.8. The van der Waals surface area contributed by atoms with E-state index in [-0.39, 0.29) is 23.4 Å². The van der Waals surface area contributed by atoms with Crippen LogP contribution in [0, 0.1) is 10.1 Å². The van der Waals surface area contributed by atoms with Crippen molar-refractivity contribution in [2.24, 2.45) is 5.16 Å². The van der Waals surface area contributed by atoms with Gasteiger partial charge in [0.2, 0.25) is 0 Å². The van der Waals surface area contributed by atoms with Crippen molar-refractivity contribution in [3.05, 3.63) is 39.9 Å². The molecule has 1 heterocycles. The van der Waals surface area contributed by atoms with Gasteiger partial charge in [-0.05, 0) is 35.8 Å². The van der Waals surface area contributed by atoms with Crippen molar-refractivity contribution in [3.63, 3.8) is 0 Å². The minimum atomic E-state index is -2.00. The number of amidine groups is 1. The molecule has 1 amide bonds. The minimum Gasteiger partial charge on any atom is -0.444 e. The summed E-state index contributed by atoms with van der Waals surface area (Å²) in [5.74, 6) is 0.463. The molecule has 0 saturated carbocycles. The molecule has 1 atom stereocenters. The number of amides is 1. The van der Waals surface area contributed by atoms with Gasteiger partial charge in [0.25, 0.3) is 5.69 Å². The molecule has 0 aliphatic carbocycles. The third kappa shape index (κ3) is 5.77. The van der Waals surface area contributed by atoms with Crippen molar-refractivity contribution in [1.29, 1.82) is 0 Å². The maximum absolute atomic E-state index is 12.6. The third-order valence-corrected chi connectivity index (χ3v) is 9.84. The van der Waals surface area contributed by atoms with Gasteiger partial charge >= 0.3 is 6.09 Å². The number of nitro benzene ring substituents is 1. The monoisotopic (exact) mass is 423 g/mol. The number of nitrogens with zero attached hydrogens (tertiary/aromatic N) is 3. The molecule has 29 heavy (non-hydrogen) atoms. The van der Waals surface area contributed by atoms with Crippen LogP contribution in [0.5, 0.6) is 0 Å².